The standard InChI is InChI=1S/C17H19N3O4S/c1-20(8-12-9-22-13-4-2-3-5-14(13)23-12)15(21)10-25-17-19-18-16(24-17)11-6-7-11/h2-5,11-12H,6-10H2,1H3/t12-/m0/s1. The summed E-state index contributed by atoms with van der Waals surface area (Å²) in [5.41, 5.74) is 0. The van der Waals surface area contributed by atoms with Crippen LogP contribution in [0.2, 0.25) is 0 Å². The van der Waals surface area contributed by atoms with Crippen LogP contribution in [0, 0.1) is 0 Å². The van der Waals surface area contributed by atoms with Crippen molar-refractivity contribution in [2.75, 3.05) is 26.0 Å². The predicted molar refractivity (Wildman–Crippen MR) is 91.0 cm³/mol. The van der Waals surface area contributed by atoms with Crippen LogP contribution >= 0.6 is 11.8 Å². The lowest BCUT2D eigenvalue weighted by Crippen LogP contribution is -2.42. The Bertz CT molecular complexity index is 762. The van der Waals surface area contributed by atoms with Crippen molar-refractivity contribution < 1.29 is 18.7 Å². The molecule has 0 saturated heterocycles. The number of aromatic nitrogens is 2. The number of nitrogens with zero attached hydrogens (tertiary/aromatic N) is 3. The quantitative estimate of drug-likeness (QED) is 0.731. The van der Waals surface area contributed by atoms with E-state index in [0.29, 0.717) is 35.9 Å². The minimum Gasteiger partial charge on any atom is -0.486 e. The summed E-state index contributed by atoms with van der Waals surface area (Å²) in [5, 5.41) is 8.45. The molecule has 1 aromatic heterocycles. The molecule has 132 valence electrons. The van der Waals surface area contributed by atoms with Crippen molar-refractivity contribution in [3.05, 3.63) is 30.2 Å². The van der Waals surface area contributed by atoms with Crippen LogP contribution in [0.25, 0.3) is 0 Å². The Balaban J connectivity index is 1.26. The van der Waals surface area contributed by atoms with E-state index in [2.05, 4.69) is 10.2 Å². The fourth-order valence-corrected chi connectivity index (χ4v) is 3.28. The Morgan fingerprint density at radius 1 is 1.28 bits per heavy atom. The molecule has 0 unspecified atom stereocenters. The molecule has 2 heterocycles. The van der Waals surface area contributed by atoms with Gasteiger partial charge in [-0.1, -0.05) is 23.9 Å². The molecule has 1 atom stereocenters. The van der Waals surface area contributed by atoms with Crippen LogP contribution in [0.3, 0.4) is 0 Å². The Kier molecular flexibility index (Phi) is 4.52. The average Bonchev–Trinajstić information content (AvgIpc) is 3.38. The van der Waals surface area contributed by atoms with Gasteiger partial charge in [0.05, 0.1) is 12.3 Å². The van der Waals surface area contributed by atoms with E-state index in [0.717, 1.165) is 18.6 Å². The van der Waals surface area contributed by atoms with Crippen molar-refractivity contribution in [2.24, 2.45) is 0 Å². The molecular formula is C17H19N3O4S. The first-order chi connectivity index (χ1) is 12.2. The molecule has 2 aliphatic rings. The summed E-state index contributed by atoms with van der Waals surface area (Å²) in [6, 6.07) is 7.54. The molecular weight excluding hydrogens is 342 g/mol. The van der Waals surface area contributed by atoms with Crippen LogP contribution in [0.5, 0.6) is 11.5 Å². The molecule has 0 spiro atoms. The maximum atomic E-state index is 12.3. The topological polar surface area (TPSA) is 77.7 Å². The Hall–Kier alpha value is -2.22. The van der Waals surface area contributed by atoms with Crippen molar-refractivity contribution >= 4 is 17.7 Å². The minimum absolute atomic E-state index is 0.0152. The molecule has 0 radical (unpaired) electrons. The first kappa shape index (κ1) is 16.3. The molecule has 1 aliphatic carbocycles. The SMILES string of the molecule is CN(C[C@H]1COc2ccccc2O1)C(=O)CSc1nnc(C2CC2)o1. The van der Waals surface area contributed by atoms with Gasteiger partial charge in [-0.3, -0.25) is 4.79 Å². The summed E-state index contributed by atoms with van der Waals surface area (Å²) in [6.45, 7) is 0.890. The molecule has 1 aromatic carbocycles. The Morgan fingerprint density at radius 3 is 2.88 bits per heavy atom. The van der Waals surface area contributed by atoms with Gasteiger partial charge in [0.2, 0.25) is 11.8 Å². The lowest BCUT2D eigenvalue weighted by molar-refractivity contribution is -0.128. The fourth-order valence-electron chi connectivity index (χ4n) is 2.57. The summed E-state index contributed by atoms with van der Waals surface area (Å²) in [6.07, 6.45) is 2.04. The van der Waals surface area contributed by atoms with Crippen molar-refractivity contribution in [3.8, 4) is 11.5 Å². The number of carbonyl (C=O) groups is 1. The second kappa shape index (κ2) is 6.95. The van der Waals surface area contributed by atoms with Gasteiger partial charge in [0, 0.05) is 13.0 Å². The highest BCUT2D eigenvalue weighted by molar-refractivity contribution is 7.99. The highest BCUT2D eigenvalue weighted by Gasteiger charge is 2.29. The van der Waals surface area contributed by atoms with Gasteiger partial charge in [-0.2, -0.15) is 0 Å². The maximum Gasteiger partial charge on any atom is 0.277 e. The summed E-state index contributed by atoms with van der Waals surface area (Å²) in [5.74, 6) is 2.81. The summed E-state index contributed by atoms with van der Waals surface area (Å²) < 4.78 is 17.1. The summed E-state index contributed by atoms with van der Waals surface area (Å²) >= 11 is 1.27. The van der Waals surface area contributed by atoms with E-state index in [9.17, 15) is 4.79 Å². The monoisotopic (exact) mass is 361 g/mol. The number of amides is 1. The molecule has 8 heteroatoms. The molecule has 25 heavy (non-hydrogen) atoms. The number of rotatable bonds is 6. The smallest absolute Gasteiger partial charge is 0.277 e. The number of hydrogen-bond acceptors (Lipinski definition) is 7. The number of hydrogen-bond donors (Lipinski definition) is 0. The molecule has 1 saturated carbocycles. The third-order valence-corrected chi connectivity index (χ3v) is 4.94. The first-order valence-electron chi connectivity index (χ1n) is 8.27. The number of benzene rings is 1. The number of likely N-dealkylation sites (N-methyl/N-ethyl adjacent to an activating group) is 1. The van der Waals surface area contributed by atoms with E-state index in [4.69, 9.17) is 13.9 Å². The summed E-state index contributed by atoms with van der Waals surface area (Å²) in [7, 11) is 1.76. The van der Waals surface area contributed by atoms with Gasteiger partial charge in [-0.05, 0) is 25.0 Å². The third kappa shape index (κ3) is 3.89. The van der Waals surface area contributed by atoms with Gasteiger partial charge >= 0.3 is 0 Å². The highest BCUT2D eigenvalue weighted by Crippen LogP contribution is 2.39. The van der Waals surface area contributed by atoms with Crippen molar-refractivity contribution in [1.29, 1.82) is 0 Å². The van der Waals surface area contributed by atoms with Gasteiger partial charge in [-0.25, -0.2) is 0 Å². The zero-order chi connectivity index (χ0) is 17.2. The van der Waals surface area contributed by atoms with E-state index < -0.39 is 0 Å². The largest absolute Gasteiger partial charge is 0.486 e. The van der Waals surface area contributed by atoms with E-state index in [1.165, 1.54) is 11.8 Å². The number of thioether (sulfide) groups is 1. The first-order valence-corrected chi connectivity index (χ1v) is 9.26. The average molecular weight is 361 g/mol. The number of carbonyl (C=O) groups excluding carboxylic acids is 1. The van der Waals surface area contributed by atoms with E-state index in [1.54, 1.807) is 11.9 Å². The second-order valence-electron chi connectivity index (χ2n) is 6.24. The fraction of sp³-hybridized carbons (Fsp3) is 0.471. The lowest BCUT2D eigenvalue weighted by Gasteiger charge is -2.29. The van der Waals surface area contributed by atoms with E-state index in [1.807, 2.05) is 24.3 Å². The number of fused-ring (bicyclic) bond motifs is 1. The second-order valence-corrected chi connectivity index (χ2v) is 7.17. The van der Waals surface area contributed by atoms with Crippen LogP contribution in [-0.2, 0) is 4.79 Å². The normalized spacial score (nSPS) is 18.8. The molecule has 7 nitrogen and oxygen atoms in total. The van der Waals surface area contributed by atoms with Gasteiger partial charge in [-0.15, -0.1) is 10.2 Å². The van der Waals surface area contributed by atoms with Crippen LogP contribution in [0.15, 0.2) is 33.9 Å². The Morgan fingerprint density at radius 2 is 2.08 bits per heavy atom. The zero-order valence-electron chi connectivity index (χ0n) is 13.9. The Labute approximate surface area is 149 Å². The maximum absolute atomic E-state index is 12.3. The molecule has 2 aromatic rings. The zero-order valence-corrected chi connectivity index (χ0v) is 14.7. The molecule has 1 fully saturated rings. The van der Waals surface area contributed by atoms with Gasteiger partial charge in [0.15, 0.2) is 17.6 Å². The highest BCUT2D eigenvalue weighted by atomic mass is 32.2. The van der Waals surface area contributed by atoms with Gasteiger partial charge in [0.25, 0.3) is 5.22 Å². The lowest BCUT2D eigenvalue weighted by atomic mass is 10.2. The van der Waals surface area contributed by atoms with E-state index >= 15 is 0 Å². The molecule has 1 amide bonds. The summed E-state index contributed by atoms with van der Waals surface area (Å²) in [4.78, 5) is 14.0. The molecule has 0 bridgehead atoms. The van der Waals surface area contributed by atoms with Crippen molar-refractivity contribution in [1.82, 2.24) is 15.1 Å². The number of para-hydroxylation sites is 2. The predicted octanol–water partition coefficient (Wildman–Crippen LogP) is 2.34. The number of ether oxygens (including phenoxy) is 2. The van der Waals surface area contributed by atoms with Gasteiger partial charge < -0.3 is 18.8 Å². The van der Waals surface area contributed by atoms with Crippen molar-refractivity contribution in [2.45, 2.75) is 30.1 Å². The van der Waals surface area contributed by atoms with Crippen LogP contribution < -0.4 is 9.47 Å². The van der Waals surface area contributed by atoms with Gasteiger partial charge in [0.1, 0.15) is 6.61 Å². The molecule has 0 N–H and O–H groups in total. The van der Waals surface area contributed by atoms with Crippen molar-refractivity contribution in [3.63, 3.8) is 0 Å². The van der Waals surface area contributed by atoms with E-state index in [-0.39, 0.29) is 17.8 Å². The third-order valence-electron chi connectivity index (χ3n) is 4.14. The van der Waals surface area contributed by atoms with Crippen LogP contribution in [-0.4, -0.2) is 53.1 Å². The van der Waals surface area contributed by atoms with Crippen LogP contribution in [0.4, 0.5) is 0 Å². The molecule has 4 rings (SSSR count). The minimum atomic E-state index is -0.182. The van der Waals surface area contributed by atoms with Crippen LogP contribution in [0.1, 0.15) is 24.7 Å². The molecule has 1 aliphatic heterocycles.